The lowest BCUT2D eigenvalue weighted by Crippen LogP contribution is -2.39. The van der Waals surface area contributed by atoms with Crippen LogP contribution < -0.4 is 10.2 Å². The number of carbonyl (C=O) groups excluding carboxylic acids is 1. The largest absolute Gasteiger partial charge is 0.394 e. The van der Waals surface area contributed by atoms with Gasteiger partial charge in [0.2, 0.25) is 5.91 Å². The molecule has 4 atom stereocenters. The van der Waals surface area contributed by atoms with Gasteiger partial charge < -0.3 is 29.9 Å². The molecule has 14 heteroatoms. The number of nitrogens with zero attached hydrogens (tertiary/aromatic N) is 8. The third-order valence-corrected chi connectivity index (χ3v) is 6.84. The van der Waals surface area contributed by atoms with Crippen LogP contribution in [-0.2, 0) is 27.4 Å². The number of anilines is 1. The van der Waals surface area contributed by atoms with Crippen molar-refractivity contribution in [2.24, 2.45) is 5.11 Å². The number of aliphatic hydroxyl groups excluding tert-OH is 2. The Hall–Kier alpha value is -4.59. The van der Waals surface area contributed by atoms with Gasteiger partial charge in [0.1, 0.15) is 31.2 Å². The average molecular weight is 574 g/mol. The van der Waals surface area contributed by atoms with Crippen molar-refractivity contribution >= 4 is 22.9 Å². The van der Waals surface area contributed by atoms with Gasteiger partial charge in [-0.2, -0.15) is 0 Å². The molecule has 0 aliphatic carbocycles. The van der Waals surface area contributed by atoms with Crippen LogP contribution >= 0.6 is 0 Å². The van der Waals surface area contributed by atoms with Crippen LogP contribution in [0.15, 0.2) is 78.4 Å². The molecule has 0 spiro atoms. The van der Waals surface area contributed by atoms with Crippen LogP contribution in [0.25, 0.3) is 21.6 Å². The lowest BCUT2D eigenvalue weighted by Gasteiger charge is -2.25. The second-order valence-corrected chi connectivity index (χ2v) is 9.67. The minimum Gasteiger partial charge on any atom is -0.394 e. The Morgan fingerprint density at radius 1 is 1.10 bits per heavy atom. The van der Waals surface area contributed by atoms with E-state index in [-0.39, 0.29) is 19.7 Å². The van der Waals surface area contributed by atoms with Gasteiger partial charge in [-0.15, -0.1) is 0 Å². The molecule has 3 heterocycles. The fourth-order valence-corrected chi connectivity index (χ4v) is 4.86. The smallest absolute Gasteiger partial charge is 0.246 e. The number of nitrogens with one attached hydrogen (secondary N) is 1. The van der Waals surface area contributed by atoms with Gasteiger partial charge in [-0.05, 0) is 16.7 Å². The fourth-order valence-electron chi connectivity index (χ4n) is 4.86. The third-order valence-electron chi connectivity index (χ3n) is 6.84. The summed E-state index contributed by atoms with van der Waals surface area (Å²) >= 11 is 0. The molecule has 42 heavy (non-hydrogen) atoms. The first kappa shape index (κ1) is 28.9. The second kappa shape index (κ2) is 13.9. The van der Waals surface area contributed by atoms with Gasteiger partial charge >= 0.3 is 0 Å². The summed E-state index contributed by atoms with van der Waals surface area (Å²) in [6.07, 6.45) is -1.13. The van der Waals surface area contributed by atoms with Crippen LogP contribution in [0.3, 0.4) is 0 Å². The van der Waals surface area contributed by atoms with Crippen LogP contribution in [0.4, 0.5) is 5.82 Å². The van der Waals surface area contributed by atoms with E-state index in [1.165, 1.54) is 12.7 Å². The van der Waals surface area contributed by atoms with Crippen LogP contribution in [0, 0.1) is 0 Å². The first-order valence-corrected chi connectivity index (χ1v) is 13.4. The predicted molar refractivity (Wildman–Crippen MR) is 152 cm³/mol. The number of ether oxygens (including phenoxy) is 2. The number of fused-ring (bicyclic) bond motifs is 1. The molecule has 1 fully saturated rings. The monoisotopic (exact) mass is 573 g/mol. The Bertz CT molecular complexity index is 1470. The molecule has 4 aromatic rings. The molecule has 0 bridgehead atoms. The highest BCUT2D eigenvalue weighted by Gasteiger charge is 2.46. The number of aromatic nitrogens is 4. The third kappa shape index (κ3) is 6.65. The summed E-state index contributed by atoms with van der Waals surface area (Å²) in [7, 11) is 0. The quantitative estimate of drug-likeness (QED) is 0.0933. The molecule has 3 N–H and O–H groups in total. The summed E-state index contributed by atoms with van der Waals surface area (Å²) in [4.78, 5) is 30.7. The Morgan fingerprint density at radius 2 is 1.79 bits per heavy atom. The molecule has 5 rings (SSSR count). The predicted octanol–water partition coefficient (Wildman–Crippen LogP) is 2.10. The van der Waals surface area contributed by atoms with Gasteiger partial charge in [-0.1, -0.05) is 65.8 Å². The molecule has 1 aliphatic heterocycles. The number of amides is 1. The van der Waals surface area contributed by atoms with E-state index in [4.69, 9.17) is 15.0 Å². The van der Waals surface area contributed by atoms with Crippen molar-refractivity contribution in [1.82, 2.24) is 24.8 Å². The van der Waals surface area contributed by atoms with E-state index in [1.54, 1.807) is 4.57 Å². The van der Waals surface area contributed by atoms with Crippen LogP contribution in [-0.4, -0.2) is 80.3 Å². The normalized spacial score (nSPS) is 19.9. The fraction of sp³-hybridized carbons (Fsp3) is 0.357. The molecular formula is C28H31N9O5. The number of aliphatic hydroxyl groups is 2. The molecule has 2 aromatic carbocycles. The maximum absolute atomic E-state index is 12.3. The van der Waals surface area contributed by atoms with Crippen molar-refractivity contribution in [2.75, 3.05) is 31.2 Å². The molecule has 14 nitrogen and oxygen atoms in total. The van der Waals surface area contributed by atoms with Crippen molar-refractivity contribution in [1.29, 1.82) is 0 Å². The molecule has 0 saturated carbocycles. The van der Waals surface area contributed by atoms with Gasteiger partial charge in [0.25, 0.3) is 0 Å². The average Bonchev–Trinajstić information content (AvgIpc) is 3.59. The Kier molecular flexibility index (Phi) is 9.54. The SMILES string of the molecule is [N-]=[N+]=NCCNC(=O)CO[C@@H]1[C@H](O)[C@@H](CO)O[C@H]1n1cnc2c(N(Cc3ccccc3)Cc3ccccc3)ncnc21. The maximum atomic E-state index is 12.3. The Morgan fingerprint density at radius 3 is 2.43 bits per heavy atom. The lowest BCUT2D eigenvalue weighted by atomic mass is 10.1. The first-order valence-electron chi connectivity index (χ1n) is 13.4. The minimum absolute atomic E-state index is 0.0985. The van der Waals surface area contributed by atoms with Crippen molar-refractivity contribution in [3.8, 4) is 0 Å². The van der Waals surface area contributed by atoms with Gasteiger partial charge in [0.05, 0.1) is 12.9 Å². The van der Waals surface area contributed by atoms with Crippen LogP contribution in [0.2, 0.25) is 0 Å². The van der Waals surface area contributed by atoms with Gasteiger partial charge in [-0.3, -0.25) is 9.36 Å². The summed E-state index contributed by atoms with van der Waals surface area (Å²) in [5.41, 5.74) is 11.5. The van der Waals surface area contributed by atoms with Crippen molar-refractivity contribution < 1.29 is 24.5 Å². The first-order chi connectivity index (χ1) is 20.6. The second-order valence-electron chi connectivity index (χ2n) is 9.67. The molecule has 218 valence electrons. The summed E-state index contributed by atoms with van der Waals surface area (Å²) in [5.74, 6) is 0.152. The maximum Gasteiger partial charge on any atom is 0.246 e. The van der Waals surface area contributed by atoms with Gasteiger partial charge in [0.15, 0.2) is 23.2 Å². The van der Waals surface area contributed by atoms with E-state index in [0.29, 0.717) is 30.1 Å². The zero-order chi connectivity index (χ0) is 29.3. The topological polar surface area (TPSA) is 184 Å². The number of imidazole rings is 1. The molecule has 0 radical (unpaired) electrons. The van der Waals surface area contributed by atoms with Crippen molar-refractivity contribution in [3.63, 3.8) is 0 Å². The number of rotatable bonds is 13. The summed E-state index contributed by atoms with van der Waals surface area (Å²) < 4.78 is 13.4. The van der Waals surface area contributed by atoms with Crippen molar-refractivity contribution in [3.05, 3.63) is 94.9 Å². The Balaban J connectivity index is 1.42. The minimum atomic E-state index is -1.22. The summed E-state index contributed by atoms with van der Waals surface area (Å²) in [6, 6.07) is 20.1. The zero-order valence-corrected chi connectivity index (χ0v) is 22.7. The molecule has 1 amide bonds. The Labute approximate surface area is 241 Å². The molecule has 2 aromatic heterocycles. The number of hydrogen-bond acceptors (Lipinski definition) is 10. The molecular weight excluding hydrogens is 542 g/mol. The van der Waals surface area contributed by atoms with Crippen molar-refractivity contribution in [2.45, 2.75) is 37.6 Å². The van der Waals surface area contributed by atoms with Gasteiger partial charge in [-0.25, -0.2) is 15.0 Å². The highest BCUT2D eigenvalue weighted by molar-refractivity contribution is 5.83. The molecule has 1 aliphatic rings. The number of benzene rings is 2. The van der Waals surface area contributed by atoms with E-state index < -0.39 is 37.1 Å². The van der Waals surface area contributed by atoms with Crippen LogP contribution in [0.5, 0.6) is 0 Å². The van der Waals surface area contributed by atoms with E-state index in [2.05, 4.69) is 35.2 Å². The van der Waals surface area contributed by atoms with E-state index in [0.717, 1.165) is 11.1 Å². The summed E-state index contributed by atoms with van der Waals surface area (Å²) in [6.45, 7) is 0.546. The zero-order valence-electron chi connectivity index (χ0n) is 22.7. The highest BCUT2D eigenvalue weighted by Crippen LogP contribution is 2.35. The highest BCUT2D eigenvalue weighted by atomic mass is 16.6. The molecule has 0 unspecified atom stereocenters. The summed E-state index contributed by atoms with van der Waals surface area (Å²) in [5, 5.41) is 26.6. The van der Waals surface area contributed by atoms with Gasteiger partial charge in [0, 0.05) is 31.1 Å². The number of hydrogen-bond donors (Lipinski definition) is 3. The van der Waals surface area contributed by atoms with E-state index in [1.807, 2.05) is 60.7 Å². The molecule has 1 saturated heterocycles. The number of azide groups is 1. The van der Waals surface area contributed by atoms with E-state index in [9.17, 15) is 15.0 Å². The van der Waals surface area contributed by atoms with Crippen LogP contribution in [0.1, 0.15) is 17.4 Å². The standard InChI is InChI=1S/C28H31N9O5/c29-35-34-12-11-30-22(39)16-41-25-24(40)21(15-38)42-28(25)37-18-33-23-26(31-17-32-27(23)37)36(13-19-7-3-1-4-8-19)14-20-9-5-2-6-10-20/h1-10,17-18,21,24-25,28,38,40H,11-16H2,(H,30,39)/t21-,24-,25-,28-/m1/s1. The number of carbonyl (C=O) groups is 1. The van der Waals surface area contributed by atoms with E-state index >= 15 is 0 Å². The lowest BCUT2D eigenvalue weighted by molar-refractivity contribution is -0.132.